The first-order chi connectivity index (χ1) is 16.6. The predicted octanol–water partition coefficient (Wildman–Crippen LogP) is 3.53. The van der Waals surface area contributed by atoms with Gasteiger partial charge in [-0.3, -0.25) is 9.10 Å². The summed E-state index contributed by atoms with van der Waals surface area (Å²) < 4.78 is 26.1. The van der Waals surface area contributed by atoms with E-state index in [1.807, 2.05) is 49.3 Å². The Morgan fingerprint density at radius 3 is 2.29 bits per heavy atom. The van der Waals surface area contributed by atoms with Gasteiger partial charge in [-0.15, -0.1) is 0 Å². The summed E-state index contributed by atoms with van der Waals surface area (Å²) in [7, 11) is 0.361. The Kier molecular flexibility index (Phi) is 6.81. The maximum Gasteiger partial charge on any atom is 0.258 e. The highest BCUT2D eigenvalue weighted by Crippen LogP contribution is 2.38. The minimum atomic E-state index is -3.44. The van der Waals surface area contributed by atoms with Crippen molar-refractivity contribution in [3.63, 3.8) is 0 Å². The minimum absolute atomic E-state index is 0.222. The van der Waals surface area contributed by atoms with Crippen LogP contribution in [0.4, 0.5) is 22.7 Å². The second-order valence-corrected chi connectivity index (χ2v) is 10.6. The van der Waals surface area contributed by atoms with Crippen LogP contribution in [0.5, 0.6) is 0 Å². The van der Waals surface area contributed by atoms with Gasteiger partial charge in [0.05, 0.1) is 23.2 Å². The molecule has 0 saturated heterocycles. The van der Waals surface area contributed by atoms with Crippen LogP contribution in [0.2, 0.25) is 0 Å². The topological polar surface area (TPSA) is 108 Å². The summed E-state index contributed by atoms with van der Waals surface area (Å²) in [4.78, 5) is 14.9. The molecule has 0 unspecified atom stereocenters. The van der Waals surface area contributed by atoms with Gasteiger partial charge in [0, 0.05) is 35.7 Å². The maximum atomic E-state index is 13.0. The molecule has 9 heteroatoms. The number of likely N-dealkylation sites (N-methyl/N-ethyl adjacent to an activating group) is 1. The van der Waals surface area contributed by atoms with Crippen LogP contribution in [0.3, 0.4) is 0 Å². The Balaban J connectivity index is 1.73. The van der Waals surface area contributed by atoms with Gasteiger partial charge in [-0.25, -0.2) is 8.42 Å². The van der Waals surface area contributed by atoms with Crippen LogP contribution in [0.15, 0.2) is 72.8 Å². The summed E-state index contributed by atoms with van der Waals surface area (Å²) in [6.45, 7) is 0.936. The molecule has 8 nitrogen and oxygen atoms in total. The second-order valence-electron chi connectivity index (χ2n) is 8.69. The normalized spacial score (nSPS) is 14.5. The lowest BCUT2D eigenvalue weighted by atomic mass is 9.99. The quantitative estimate of drug-likeness (QED) is 0.329. The summed E-state index contributed by atoms with van der Waals surface area (Å²) >= 11 is 0. The van der Waals surface area contributed by atoms with Gasteiger partial charge < -0.3 is 21.3 Å². The molecular weight excluding hydrogens is 462 g/mol. The van der Waals surface area contributed by atoms with Crippen molar-refractivity contribution in [3.8, 4) is 0 Å². The average Bonchev–Trinajstić information content (AvgIpc) is 3.12. The molecule has 0 bridgehead atoms. The molecule has 35 heavy (non-hydrogen) atoms. The van der Waals surface area contributed by atoms with Gasteiger partial charge in [0.25, 0.3) is 5.91 Å². The molecule has 0 aliphatic carbocycles. The van der Waals surface area contributed by atoms with E-state index in [0.717, 1.165) is 11.1 Å². The third kappa shape index (κ3) is 5.47. The Morgan fingerprint density at radius 1 is 0.971 bits per heavy atom. The third-order valence-corrected chi connectivity index (χ3v) is 6.87. The van der Waals surface area contributed by atoms with E-state index >= 15 is 0 Å². The van der Waals surface area contributed by atoms with E-state index in [4.69, 9.17) is 5.73 Å². The van der Waals surface area contributed by atoms with Gasteiger partial charge in [0.2, 0.25) is 10.0 Å². The van der Waals surface area contributed by atoms with E-state index in [1.165, 1.54) is 10.6 Å². The van der Waals surface area contributed by atoms with Crippen LogP contribution in [0, 0.1) is 0 Å². The molecule has 0 fully saturated rings. The Morgan fingerprint density at radius 2 is 1.66 bits per heavy atom. The second kappa shape index (κ2) is 9.81. The first-order valence-electron chi connectivity index (χ1n) is 11.1. The molecule has 1 aliphatic heterocycles. The number of carbonyl (C=O) groups excluding carboxylic acids is 1. The zero-order valence-corrected chi connectivity index (χ0v) is 20.8. The third-order valence-electron chi connectivity index (χ3n) is 5.68. The largest absolute Gasteiger partial charge is 0.399 e. The fourth-order valence-corrected chi connectivity index (χ4v) is 4.87. The first-order valence-corrected chi connectivity index (χ1v) is 13.0. The molecule has 3 aromatic rings. The van der Waals surface area contributed by atoms with E-state index in [1.54, 1.807) is 42.5 Å². The molecule has 0 aromatic heterocycles. The summed E-state index contributed by atoms with van der Waals surface area (Å²) in [6, 6.07) is 22.0. The highest BCUT2D eigenvalue weighted by molar-refractivity contribution is 7.92. The van der Waals surface area contributed by atoms with E-state index < -0.39 is 10.0 Å². The van der Waals surface area contributed by atoms with Gasteiger partial charge in [0.1, 0.15) is 0 Å². The molecule has 0 saturated carbocycles. The molecule has 3 aromatic carbocycles. The zero-order chi connectivity index (χ0) is 25.2. The monoisotopic (exact) mass is 491 g/mol. The van der Waals surface area contributed by atoms with E-state index in [-0.39, 0.29) is 5.91 Å². The van der Waals surface area contributed by atoms with E-state index in [2.05, 4.69) is 10.6 Å². The number of anilines is 4. The van der Waals surface area contributed by atoms with Crippen LogP contribution in [-0.4, -0.2) is 52.7 Å². The number of hydrogen-bond donors (Lipinski definition) is 3. The summed E-state index contributed by atoms with van der Waals surface area (Å²) in [5, 5.41) is 6.29. The van der Waals surface area contributed by atoms with Gasteiger partial charge in [-0.2, -0.15) is 0 Å². The zero-order valence-electron chi connectivity index (χ0n) is 19.9. The minimum Gasteiger partial charge on any atom is -0.399 e. The number of benzene rings is 3. The standard InChI is InChI=1S/C26H29N5O3S/c1-30(2)15-16-31(35(3,33)34)21-12-10-20(11-13-21)28-25(18-7-5-4-6-8-18)24-22-17-19(27)9-14-23(22)29-26(24)32/h4-14,17,28H,15-16,27H2,1-3H3,(H,29,32). The van der Waals surface area contributed by atoms with E-state index in [0.29, 0.717) is 47.1 Å². The number of nitrogens with one attached hydrogen (secondary N) is 2. The molecule has 4 rings (SSSR count). The lowest BCUT2D eigenvalue weighted by Gasteiger charge is -2.24. The number of hydrogen-bond acceptors (Lipinski definition) is 6. The Bertz CT molecular complexity index is 1370. The number of nitrogen functional groups attached to an aromatic ring is 1. The van der Waals surface area contributed by atoms with Gasteiger partial charge >= 0.3 is 0 Å². The SMILES string of the molecule is CN(C)CCN(c1ccc(NC(=C2C(=O)Nc3ccc(N)cc32)c2ccccc2)cc1)S(C)(=O)=O. The number of nitrogens with zero attached hydrogens (tertiary/aromatic N) is 2. The highest BCUT2D eigenvalue weighted by atomic mass is 32.2. The number of carbonyl (C=O) groups is 1. The van der Waals surface area contributed by atoms with Crippen LogP contribution in [0.25, 0.3) is 11.3 Å². The molecular formula is C26H29N5O3S. The van der Waals surface area contributed by atoms with Crippen molar-refractivity contribution < 1.29 is 13.2 Å². The Labute approximate surface area is 206 Å². The van der Waals surface area contributed by atoms with Crippen LogP contribution < -0.4 is 20.7 Å². The molecule has 0 radical (unpaired) electrons. The fraction of sp³-hybridized carbons (Fsp3) is 0.192. The van der Waals surface area contributed by atoms with Crippen molar-refractivity contribution in [2.75, 3.05) is 54.1 Å². The Hall–Kier alpha value is -3.82. The summed E-state index contributed by atoms with van der Waals surface area (Å²) in [6.07, 6.45) is 1.20. The van der Waals surface area contributed by atoms with Gasteiger partial charge in [0.15, 0.2) is 0 Å². The summed E-state index contributed by atoms with van der Waals surface area (Å²) in [5.74, 6) is -0.222. The first kappa shape index (κ1) is 24.3. The number of nitrogens with two attached hydrogens (primary N) is 1. The molecule has 0 atom stereocenters. The lowest BCUT2D eigenvalue weighted by Crippen LogP contribution is -2.35. The number of amides is 1. The molecule has 1 aliphatic rings. The number of fused-ring (bicyclic) bond motifs is 1. The summed E-state index contributed by atoms with van der Waals surface area (Å²) in [5.41, 5.74) is 11.3. The number of rotatable bonds is 8. The molecule has 4 N–H and O–H groups in total. The van der Waals surface area contributed by atoms with Crippen molar-refractivity contribution in [2.45, 2.75) is 0 Å². The van der Waals surface area contributed by atoms with Crippen LogP contribution >= 0.6 is 0 Å². The van der Waals surface area contributed by atoms with E-state index in [9.17, 15) is 13.2 Å². The van der Waals surface area contributed by atoms with Crippen LogP contribution in [-0.2, 0) is 14.8 Å². The number of sulfonamides is 1. The molecule has 1 amide bonds. The highest BCUT2D eigenvalue weighted by Gasteiger charge is 2.28. The van der Waals surface area contributed by atoms with Crippen molar-refractivity contribution in [1.29, 1.82) is 0 Å². The molecule has 0 spiro atoms. The van der Waals surface area contributed by atoms with Crippen molar-refractivity contribution >= 4 is 50.0 Å². The van der Waals surface area contributed by atoms with Gasteiger partial charge in [-0.05, 0) is 62.1 Å². The smallest absolute Gasteiger partial charge is 0.258 e. The van der Waals surface area contributed by atoms with Crippen molar-refractivity contribution in [2.24, 2.45) is 0 Å². The fourth-order valence-electron chi connectivity index (χ4n) is 3.95. The van der Waals surface area contributed by atoms with Crippen molar-refractivity contribution in [1.82, 2.24) is 4.90 Å². The van der Waals surface area contributed by atoms with Gasteiger partial charge in [-0.1, -0.05) is 30.3 Å². The van der Waals surface area contributed by atoms with Crippen molar-refractivity contribution in [3.05, 3.63) is 83.9 Å². The predicted molar refractivity (Wildman–Crippen MR) is 144 cm³/mol. The maximum absolute atomic E-state index is 13.0. The van der Waals surface area contributed by atoms with Crippen LogP contribution in [0.1, 0.15) is 11.1 Å². The lowest BCUT2D eigenvalue weighted by molar-refractivity contribution is -0.110. The molecule has 182 valence electrons. The average molecular weight is 492 g/mol. The molecule has 1 heterocycles.